The highest BCUT2D eigenvalue weighted by atomic mass is 35.5. The molecule has 0 radical (unpaired) electrons. The smallest absolute Gasteiger partial charge is 0.249 e. The molecule has 180 valence electrons. The van der Waals surface area contributed by atoms with Gasteiger partial charge < -0.3 is 10.1 Å². The summed E-state index contributed by atoms with van der Waals surface area (Å²) in [4.78, 5) is 28.5. The summed E-state index contributed by atoms with van der Waals surface area (Å²) in [7, 11) is 1.53. The van der Waals surface area contributed by atoms with Gasteiger partial charge in [0.25, 0.3) is 0 Å². The van der Waals surface area contributed by atoms with Crippen molar-refractivity contribution in [2.75, 3.05) is 25.2 Å². The fourth-order valence-corrected chi connectivity index (χ4v) is 3.84. The number of hydrogen-bond acceptors (Lipinski definition) is 5. The third kappa shape index (κ3) is 5.64. The van der Waals surface area contributed by atoms with Gasteiger partial charge in [-0.1, -0.05) is 41.1 Å². The molecule has 0 unspecified atom stereocenters. The Kier molecular flexibility index (Phi) is 7.69. The van der Waals surface area contributed by atoms with Crippen LogP contribution in [0.4, 0.5) is 10.1 Å². The van der Waals surface area contributed by atoms with E-state index in [-0.39, 0.29) is 13.1 Å². The van der Waals surface area contributed by atoms with Crippen LogP contribution in [0, 0.1) is 5.82 Å². The first-order valence-corrected chi connectivity index (χ1v) is 11.2. The molecule has 10 heteroatoms. The van der Waals surface area contributed by atoms with Gasteiger partial charge in [0.1, 0.15) is 23.9 Å². The number of aromatic nitrogens is 3. The third-order valence-corrected chi connectivity index (χ3v) is 5.63. The van der Waals surface area contributed by atoms with Crippen LogP contribution in [0.15, 0.2) is 72.8 Å². The van der Waals surface area contributed by atoms with Crippen LogP contribution in [-0.2, 0) is 20.9 Å². The normalized spacial score (nSPS) is 11.9. The maximum Gasteiger partial charge on any atom is 0.249 e. The van der Waals surface area contributed by atoms with E-state index in [0.29, 0.717) is 33.9 Å². The third-order valence-electron chi connectivity index (χ3n) is 5.38. The standard InChI is InChI=1S/C25H23ClFN5O3/c1-35-15-14-28-25(34)24(17-6-8-18(26)9-7-17)32(20-12-10-19(27)11-13-20)23(33)16-31-22-5-3-2-4-21(22)29-30-31/h2-13,24H,14-16H2,1H3,(H,28,34)/t24-/m0/s1. The zero-order chi connectivity index (χ0) is 24.8. The van der Waals surface area contributed by atoms with Gasteiger partial charge in [0.15, 0.2) is 0 Å². The van der Waals surface area contributed by atoms with Gasteiger partial charge in [0, 0.05) is 24.4 Å². The van der Waals surface area contributed by atoms with E-state index in [0.717, 1.165) is 0 Å². The van der Waals surface area contributed by atoms with E-state index in [2.05, 4.69) is 15.6 Å². The number of methoxy groups -OCH3 is 1. The number of nitrogens with zero attached hydrogens (tertiary/aromatic N) is 4. The molecule has 35 heavy (non-hydrogen) atoms. The van der Waals surface area contributed by atoms with E-state index < -0.39 is 23.7 Å². The van der Waals surface area contributed by atoms with E-state index in [1.165, 1.54) is 41.0 Å². The number of ether oxygens (including phenoxy) is 1. The van der Waals surface area contributed by atoms with Crippen molar-refractivity contribution in [1.29, 1.82) is 0 Å². The number of benzene rings is 3. The molecule has 8 nitrogen and oxygen atoms in total. The summed E-state index contributed by atoms with van der Waals surface area (Å²) in [5.74, 6) is -1.32. The van der Waals surface area contributed by atoms with Crippen LogP contribution in [0.5, 0.6) is 0 Å². The van der Waals surface area contributed by atoms with Crippen molar-refractivity contribution in [1.82, 2.24) is 20.3 Å². The summed E-state index contributed by atoms with van der Waals surface area (Å²) < 4.78 is 20.2. The van der Waals surface area contributed by atoms with E-state index in [1.807, 2.05) is 12.1 Å². The van der Waals surface area contributed by atoms with Gasteiger partial charge in [-0.2, -0.15) is 0 Å². The van der Waals surface area contributed by atoms with Crippen molar-refractivity contribution in [3.63, 3.8) is 0 Å². The Morgan fingerprint density at radius 3 is 2.51 bits per heavy atom. The Bertz CT molecular complexity index is 1310. The fraction of sp³-hybridized carbons (Fsp3) is 0.200. The first kappa shape index (κ1) is 24.3. The SMILES string of the molecule is COCCNC(=O)[C@H](c1ccc(Cl)cc1)N(C(=O)Cn1nnc2ccccc21)c1ccc(F)cc1. The predicted molar refractivity (Wildman–Crippen MR) is 130 cm³/mol. The molecule has 0 saturated carbocycles. The Morgan fingerprint density at radius 1 is 1.09 bits per heavy atom. The summed E-state index contributed by atoms with van der Waals surface area (Å²) in [6.07, 6.45) is 0. The minimum absolute atomic E-state index is 0.187. The average Bonchev–Trinajstić information content (AvgIpc) is 3.27. The van der Waals surface area contributed by atoms with Crippen molar-refractivity contribution >= 4 is 40.1 Å². The molecule has 1 heterocycles. The van der Waals surface area contributed by atoms with Crippen LogP contribution < -0.4 is 10.2 Å². The van der Waals surface area contributed by atoms with E-state index in [1.54, 1.807) is 36.4 Å². The molecule has 0 bridgehead atoms. The van der Waals surface area contributed by atoms with Crippen LogP contribution >= 0.6 is 11.6 Å². The predicted octanol–water partition coefficient (Wildman–Crippen LogP) is 3.76. The minimum Gasteiger partial charge on any atom is -0.383 e. The Balaban J connectivity index is 1.76. The molecule has 1 aromatic heterocycles. The molecular formula is C25H23ClFN5O3. The quantitative estimate of drug-likeness (QED) is 0.357. The molecule has 2 amide bonds. The number of hydrogen-bond donors (Lipinski definition) is 1. The van der Waals surface area contributed by atoms with E-state index in [9.17, 15) is 14.0 Å². The molecule has 4 rings (SSSR count). The number of rotatable bonds is 9. The molecule has 0 fully saturated rings. The zero-order valence-corrected chi connectivity index (χ0v) is 19.7. The summed E-state index contributed by atoms with van der Waals surface area (Å²) in [6, 6.07) is 18.2. The maximum atomic E-state index is 13.8. The molecule has 0 saturated heterocycles. The van der Waals surface area contributed by atoms with Crippen molar-refractivity contribution in [2.45, 2.75) is 12.6 Å². The number of carbonyl (C=O) groups is 2. The zero-order valence-electron chi connectivity index (χ0n) is 18.9. The first-order valence-electron chi connectivity index (χ1n) is 10.9. The van der Waals surface area contributed by atoms with Gasteiger partial charge in [-0.25, -0.2) is 9.07 Å². The molecule has 0 aliphatic heterocycles. The van der Waals surface area contributed by atoms with Crippen LogP contribution in [0.2, 0.25) is 5.02 Å². The van der Waals surface area contributed by atoms with Crippen LogP contribution in [0.1, 0.15) is 11.6 Å². The maximum absolute atomic E-state index is 13.8. The second-order valence-corrected chi connectivity index (χ2v) is 8.15. The van der Waals surface area contributed by atoms with Gasteiger partial charge in [-0.05, 0) is 54.1 Å². The van der Waals surface area contributed by atoms with Crippen molar-refractivity contribution < 1.29 is 18.7 Å². The highest BCUT2D eigenvalue weighted by Gasteiger charge is 2.33. The second-order valence-electron chi connectivity index (χ2n) is 7.71. The minimum atomic E-state index is -1.06. The number of para-hydroxylation sites is 1. The van der Waals surface area contributed by atoms with E-state index in [4.69, 9.17) is 16.3 Å². The number of anilines is 1. The van der Waals surface area contributed by atoms with Gasteiger partial charge in [0.2, 0.25) is 11.8 Å². The lowest BCUT2D eigenvalue weighted by atomic mass is 10.0. The lowest BCUT2D eigenvalue weighted by molar-refractivity contribution is -0.127. The Labute approximate surface area is 206 Å². The molecular weight excluding hydrogens is 473 g/mol. The Hall–Kier alpha value is -3.82. The van der Waals surface area contributed by atoms with Crippen molar-refractivity contribution in [2.24, 2.45) is 0 Å². The average molecular weight is 496 g/mol. The molecule has 0 aliphatic rings. The summed E-state index contributed by atoms with van der Waals surface area (Å²) in [6.45, 7) is 0.362. The number of halogens is 2. The van der Waals surface area contributed by atoms with Gasteiger partial charge in [0.05, 0.1) is 12.1 Å². The topological polar surface area (TPSA) is 89.4 Å². The highest BCUT2D eigenvalue weighted by Crippen LogP contribution is 2.30. The summed E-state index contributed by atoms with van der Waals surface area (Å²) in [5.41, 5.74) is 2.20. The number of carbonyl (C=O) groups excluding carboxylic acids is 2. The molecule has 0 spiro atoms. The summed E-state index contributed by atoms with van der Waals surface area (Å²) >= 11 is 6.07. The number of amides is 2. The van der Waals surface area contributed by atoms with Crippen LogP contribution in [0.25, 0.3) is 11.0 Å². The van der Waals surface area contributed by atoms with Gasteiger partial charge in [-0.3, -0.25) is 14.5 Å². The second kappa shape index (κ2) is 11.1. The molecule has 1 N–H and O–H groups in total. The van der Waals surface area contributed by atoms with Crippen molar-refractivity contribution in [3.8, 4) is 0 Å². The fourth-order valence-electron chi connectivity index (χ4n) is 3.71. The Morgan fingerprint density at radius 2 is 1.80 bits per heavy atom. The van der Waals surface area contributed by atoms with Crippen LogP contribution in [-0.4, -0.2) is 47.1 Å². The van der Waals surface area contributed by atoms with Crippen LogP contribution in [0.3, 0.4) is 0 Å². The molecule has 4 aromatic rings. The molecule has 0 aliphatic carbocycles. The monoisotopic (exact) mass is 495 g/mol. The largest absolute Gasteiger partial charge is 0.383 e. The van der Waals surface area contributed by atoms with Crippen molar-refractivity contribution in [3.05, 3.63) is 89.2 Å². The highest BCUT2D eigenvalue weighted by molar-refractivity contribution is 6.30. The lowest BCUT2D eigenvalue weighted by Crippen LogP contribution is -2.46. The lowest BCUT2D eigenvalue weighted by Gasteiger charge is -2.31. The molecule has 1 atom stereocenters. The van der Waals surface area contributed by atoms with E-state index >= 15 is 0 Å². The molecule has 3 aromatic carbocycles. The van der Waals surface area contributed by atoms with Gasteiger partial charge in [-0.15, -0.1) is 5.10 Å². The first-order chi connectivity index (χ1) is 17.0. The number of nitrogens with one attached hydrogen (secondary N) is 1. The number of fused-ring (bicyclic) bond motifs is 1. The van der Waals surface area contributed by atoms with Gasteiger partial charge >= 0.3 is 0 Å². The summed E-state index contributed by atoms with van der Waals surface area (Å²) in [5, 5.41) is 11.5.